The van der Waals surface area contributed by atoms with Gasteiger partial charge >= 0.3 is 0 Å². The molecule has 5 heteroatoms. The van der Waals surface area contributed by atoms with Gasteiger partial charge in [0.05, 0.1) is 0 Å². The fourth-order valence-corrected chi connectivity index (χ4v) is 3.40. The van der Waals surface area contributed by atoms with Crippen molar-refractivity contribution >= 4 is 5.69 Å². The molecule has 1 aliphatic rings. The zero-order chi connectivity index (χ0) is 16.2. The van der Waals surface area contributed by atoms with Gasteiger partial charge in [0.15, 0.2) is 0 Å². The van der Waals surface area contributed by atoms with Crippen LogP contribution < -0.4 is 4.90 Å². The average molecular weight is 313 g/mol. The lowest BCUT2D eigenvalue weighted by molar-refractivity contribution is 0.373. The second-order valence-electron chi connectivity index (χ2n) is 6.73. The smallest absolute Gasteiger partial charge is 0.113 e. The van der Waals surface area contributed by atoms with Crippen LogP contribution in [0.5, 0.6) is 0 Å². The molecule has 2 aromatic rings. The van der Waals surface area contributed by atoms with Crippen LogP contribution in [0.15, 0.2) is 30.9 Å². The highest BCUT2D eigenvalue weighted by molar-refractivity contribution is 5.52. The molecule has 0 bridgehead atoms. The summed E-state index contributed by atoms with van der Waals surface area (Å²) in [5.41, 5.74) is 2.57. The highest BCUT2D eigenvalue weighted by Gasteiger charge is 2.25. The van der Waals surface area contributed by atoms with Crippen LogP contribution in [-0.4, -0.2) is 53.2 Å². The van der Waals surface area contributed by atoms with Gasteiger partial charge in [0, 0.05) is 62.6 Å². The Balaban J connectivity index is 1.74. The molecule has 0 N–H and O–H groups in total. The first-order chi connectivity index (χ1) is 11.1. The largest absolute Gasteiger partial charge is 0.370 e. The number of hydrogen-bond acceptors (Lipinski definition) is 4. The van der Waals surface area contributed by atoms with Crippen LogP contribution in [0.4, 0.5) is 5.69 Å². The predicted octanol–water partition coefficient (Wildman–Crippen LogP) is 2.53. The number of aromatic nitrogens is 3. The van der Waals surface area contributed by atoms with Crippen molar-refractivity contribution in [2.75, 3.05) is 38.6 Å². The zero-order valence-corrected chi connectivity index (χ0v) is 14.4. The summed E-state index contributed by atoms with van der Waals surface area (Å²) in [7, 11) is 4.23. The SMILES string of the molecule is Cc1cnccc1N1CCC[C@H](c2nccn2CCN(C)C)C1. The quantitative estimate of drug-likeness (QED) is 0.850. The summed E-state index contributed by atoms with van der Waals surface area (Å²) in [6.45, 7) is 6.37. The summed E-state index contributed by atoms with van der Waals surface area (Å²) in [5.74, 6) is 1.75. The molecule has 1 saturated heterocycles. The first kappa shape index (κ1) is 16.0. The topological polar surface area (TPSA) is 37.2 Å². The summed E-state index contributed by atoms with van der Waals surface area (Å²) < 4.78 is 2.33. The van der Waals surface area contributed by atoms with Crippen molar-refractivity contribution in [3.63, 3.8) is 0 Å². The number of anilines is 1. The third-order valence-electron chi connectivity index (χ3n) is 4.65. The van der Waals surface area contributed by atoms with E-state index in [0.29, 0.717) is 5.92 Å². The summed E-state index contributed by atoms with van der Waals surface area (Å²) in [5, 5.41) is 0. The Kier molecular flexibility index (Phi) is 4.96. The zero-order valence-electron chi connectivity index (χ0n) is 14.4. The van der Waals surface area contributed by atoms with E-state index in [-0.39, 0.29) is 0 Å². The van der Waals surface area contributed by atoms with Crippen molar-refractivity contribution in [2.24, 2.45) is 0 Å². The maximum Gasteiger partial charge on any atom is 0.113 e. The monoisotopic (exact) mass is 313 g/mol. The molecule has 0 unspecified atom stereocenters. The van der Waals surface area contributed by atoms with E-state index in [9.17, 15) is 0 Å². The predicted molar refractivity (Wildman–Crippen MR) is 93.9 cm³/mol. The van der Waals surface area contributed by atoms with Gasteiger partial charge in [-0.25, -0.2) is 4.98 Å². The van der Waals surface area contributed by atoms with E-state index in [1.165, 1.54) is 29.9 Å². The average Bonchev–Trinajstić information content (AvgIpc) is 3.02. The van der Waals surface area contributed by atoms with E-state index < -0.39 is 0 Å². The molecule has 0 aromatic carbocycles. The molecule has 5 nitrogen and oxygen atoms in total. The Hall–Kier alpha value is -1.88. The molecular weight excluding hydrogens is 286 g/mol. The fourth-order valence-electron chi connectivity index (χ4n) is 3.40. The summed E-state index contributed by atoms with van der Waals surface area (Å²) in [6.07, 6.45) is 10.4. The Morgan fingerprint density at radius 3 is 2.96 bits per heavy atom. The minimum Gasteiger partial charge on any atom is -0.370 e. The maximum atomic E-state index is 4.67. The van der Waals surface area contributed by atoms with Crippen molar-refractivity contribution in [3.8, 4) is 0 Å². The van der Waals surface area contributed by atoms with Crippen molar-refractivity contribution < 1.29 is 0 Å². The van der Waals surface area contributed by atoms with Gasteiger partial charge in [-0.1, -0.05) is 0 Å². The number of rotatable bonds is 5. The van der Waals surface area contributed by atoms with E-state index in [2.05, 4.69) is 57.6 Å². The van der Waals surface area contributed by atoms with E-state index in [1.54, 1.807) is 0 Å². The third-order valence-corrected chi connectivity index (χ3v) is 4.65. The van der Waals surface area contributed by atoms with Gasteiger partial charge < -0.3 is 14.4 Å². The van der Waals surface area contributed by atoms with E-state index in [1.807, 2.05) is 18.6 Å². The molecule has 2 aromatic heterocycles. The van der Waals surface area contributed by atoms with Crippen LogP contribution in [0, 0.1) is 6.92 Å². The number of piperidine rings is 1. The van der Waals surface area contributed by atoms with Gasteiger partial charge in [-0.2, -0.15) is 0 Å². The molecule has 124 valence electrons. The van der Waals surface area contributed by atoms with Crippen molar-refractivity contribution in [3.05, 3.63) is 42.2 Å². The van der Waals surface area contributed by atoms with Crippen LogP contribution in [0.25, 0.3) is 0 Å². The van der Waals surface area contributed by atoms with Crippen LogP contribution in [0.1, 0.15) is 30.1 Å². The summed E-state index contributed by atoms with van der Waals surface area (Å²) in [6, 6.07) is 2.14. The highest BCUT2D eigenvalue weighted by atomic mass is 15.2. The molecule has 1 fully saturated rings. The van der Waals surface area contributed by atoms with E-state index >= 15 is 0 Å². The van der Waals surface area contributed by atoms with Gasteiger partial charge in [-0.3, -0.25) is 4.98 Å². The van der Waals surface area contributed by atoms with Gasteiger partial charge in [-0.05, 0) is 45.5 Å². The minimum absolute atomic E-state index is 0.508. The number of likely N-dealkylation sites (N-methyl/N-ethyl adjacent to an activating group) is 1. The molecular formula is C18H27N5. The van der Waals surface area contributed by atoms with Crippen molar-refractivity contribution in [2.45, 2.75) is 32.2 Å². The number of hydrogen-bond donors (Lipinski definition) is 0. The molecule has 0 aliphatic carbocycles. The molecule has 3 heterocycles. The Labute approximate surface area is 139 Å². The van der Waals surface area contributed by atoms with Crippen LogP contribution in [-0.2, 0) is 6.54 Å². The summed E-state index contributed by atoms with van der Waals surface area (Å²) >= 11 is 0. The Morgan fingerprint density at radius 2 is 2.17 bits per heavy atom. The van der Waals surface area contributed by atoms with Gasteiger partial charge in [0.1, 0.15) is 5.82 Å². The molecule has 1 atom stereocenters. The normalized spacial score (nSPS) is 18.6. The highest BCUT2D eigenvalue weighted by Crippen LogP contribution is 2.30. The lowest BCUT2D eigenvalue weighted by Crippen LogP contribution is -2.36. The van der Waals surface area contributed by atoms with Crippen LogP contribution in [0.2, 0.25) is 0 Å². The first-order valence-electron chi connectivity index (χ1n) is 8.46. The molecule has 23 heavy (non-hydrogen) atoms. The molecule has 0 saturated carbocycles. The number of imidazole rings is 1. The molecule has 3 rings (SSSR count). The van der Waals surface area contributed by atoms with Gasteiger partial charge in [0.2, 0.25) is 0 Å². The lowest BCUT2D eigenvalue weighted by atomic mass is 9.96. The van der Waals surface area contributed by atoms with E-state index in [4.69, 9.17) is 0 Å². The van der Waals surface area contributed by atoms with Crippen LogP contribution >= 0.6 is 0 Å². The second-order valence-corrected chi connectivity index (χ2v) is 6.73. The Morgan fingerprint density at radius 1 is 1.30 bits per heavy atom. The third kappa shape index (κ3) is 3.72. The number of aryl methyl sites for hydroxylation is 1. The molecule has 1 aliphatic heterocycles. The second kappa shape index (κ2) is 7.13. The van der Waals surface area contributed by atoms with Crippen LogP contribution in [0.3, 0.4) is 0 Å². The maximum absolute atomic E-state index is 4.67. The van der Waals surface area contributed by atoms with Crippen molar-refractivity contribution in [1.82, 2.24) is 19.4 Å². The molecule has 0 spiro atoms. The van der Waals surface area contributed by atoms with Crippen molar-refractivity contribution in [1.29, 1.82) is 0 Å². The number of nitrogens with zero attached hydrogens (tertiary/aromatic N) is 5. The summed E-state index contributed by atoms with van der Waals surface area (Å²) in [4.78, 5) is 13.6. The molecule has 0 amide bonds. The molecule has 0 radical (unpaired) electrons. The Bertz CT molecular complexity index is 634. The minimum atomic E-state index is 0.508. The fraction of sp³-hybridized carbons (Fsp3) is 0.556. The first-order valence-corrected chi connectivity index (χ1v) is 8.46. The number of pyridine rings is 1. The van der Waals surface area contributed by atoms with E-state index in [0.717, 1.165) is 26.2 Å². The van der Waals surface area contributed by atoms with Gasteiger partial charge in [-0.15, -0.1) is 0 Å². The standard InChI is InChI=1S/C18H27N5/c1-15-13-19-7-6-17(15)23-9-4-5-16(14-23)18-20-8-10-22(18)12-11-21(2)3/h6-8,10,13,16H,4-5,9,11-12,14H2,1-3H3/t16-/m0/s1. The lowest BCUT2D eigenvalue weighted by Gasteiger charge is -2.35. The van der Waals surface area contributed by atoms with Gasteiger partial charge in [0.25, 0.3) is 0 Å².